The van der Waals surface area contributed by atoms with Gasteiger partial charge in [0.1, 0.15) is 0 Å². The zero-order chi connectivity index (χ0) is 11.0. The van der Waals surface area contributed by atoms with Crippen molar-refractivity contribution in [3.63, 3.8) is 0 Å². The maximum absolute atomic E-state index is 11.4. The van der Waals surface area contributed by atoms with Crippen LogP contribution in [-0.4, -0.2) is 28.8 Å². The maximum atomic E-state index is 11.4. The highest BCUT2D eigenvalue weighted by atomic mass is 32.2. The Morgan fingerprint density at radius 1 is 1.50 bits per heavy atom. The van der Waals surface area contributed by atoms with Crippen molar-refractivity contribution in [3.8, 4) is 0 Å². The Labute approximate surface area is 88.7 Å². The molecule has 0 aliphatic carbocycles. The topological polar surface area (TPSA) is 43.4 Å². The fourth-order valence-corrected chi connectivity index (χ4v) is 2.50. The molecule has 0 aromatic rings. The first kappa shape index (κ1) is 13.6. The SMILES string of the molecule is CCC(C)CS(=O)CCCC(=O)OC. The Bertz CT molecular complexity index is 192. The van der Waals surface area contributed by atoms with Crippen molar-refractivity contribution in [2.24, 2.45) is 5.92 Å². The van der Waals surface area contributed by atoms with Gasteiger partial charge in [-0.05, 0) is 12.3 Å². The minimum absolute atomic E-state index is 0.217. The summed E-state index contributed by atoms with van der Waals surface area (Å²) in [4.78, 5) is 10.8. The quantitative estimate of drug-likeness (QED) is 0.614. The van der Waals surface area contributed by atoms with E-state index in [1.54, 1.807) is 0 Å². The molecule has 0 N–H and O–H groups in total. The first-order chi connectivity index (χ1) is 6.60. The molecule has 0 bridgehead atoms. The third-order valence-corrected chi connectivity index (χ3v) is 3.83. The Balaban J connectivity index is 3.49. The van der Waals surface area contributed by atoms with E-state index in [1.807, 2.05) is 0 Å². The fourth-order valence-electron chi connectivity index (χ4n) is 0.998. The van der Waals surface area contributed by atoms with Crippen LogP contribution in [-0.2, 0) is 20.3 Å². The number of hydrogen-bond acceptors (Lipinski definition) is 3. The first-order valence-corrected chi connectivity index (χ1v) is 6.50. The van der Waals surface area contributed by atoms with E-state index in [0.717, 1.165) is 12.2 Å². The molecule has 84 valence electrons. The van der Waals surface area contributed by atoms with Gasteiger partial charge in [-0.2, -0.15) is 0 Å². The van der Waals surface area contributed by atoms with Crippen LogP contribution in [0.1, 0.15) is 33.1 Å². The fraction of sp³-hybridized carbons (Fsp3) is 0.900. The van der Waals surface area contributed by atoms with Crippen LogP contribution in [0.25, 0.3) is 0 Å². The summed E-state index contributed by atoms with van der Waals surface area (Å²) < 4.78 is 15.9. The van der Waals surface area contributed by atoms with Gasteiger partial charge in [0.2, 0.25) is 0 Å². The van der Waals surface area contributed by atoms with Crippen molar-refractivity contribution in [1.82, 2.24) is 0 Å². The normalized spacial score (nSPS) is 14.8. The molecule has 0 amide bonds. The molecule has 14 heavy (non-hydrogen) atoms. The van der Waals surface area contributed by atoms with Crippen molar-refractivity contribution in [2.45, 2.75) is 33.1 Å². The Hall–Kier alpha value is -0.380. The molecule has 3 nitrogen and oxygen atoms in total. The molecule has 2 unspecified atom stereocenters. The van der Waals surface area contributed by atoms with E-state index in [2.05, 4.69) is 18.6 Å². The molecule has 0 radical (unpaired) electrons. The Morgan fingerprint density at radius 3 is 2.64 bits per heavy atom. The summed E-state index contributed by atoms with van der Waals surface area (Å²) >= 11 is 0. The standard InChI is InChI=1S/C10H20O3S/c1-4-9(2)8-14(12)7-5-6-10(11)13-3/h9H,4-8H2,1-3H3. The summed E-state index contributed by atoms with van der Waals surface area (Å²) in [5, 5.41) is 0. The van der Waals surface area contributed by atoms with Crippen LogP contribution < -0.4 is 0 Å². The average Bonchev–Trinajstić information content (AvgIpc) is 2.17. The van der Waals surface area contributed by atoms with E-state index in [0.29, 0.717) is 24.5 Å². The van der Waals surface area contributed by atoms with E-state index in [9.17, 15) is 9.00 Å². The highest BCUT2D eigenvalue weighted by molar-refractivity contribution is 7.84. The molecule has 0 rings (SSSR count). The van der Waals surface area contributed by atoms with Gasteiger partial charge in [0.15, 0.2) is 0 Å². The monoisotopic (exact) mass is 220 g/mol. The second-order valence-electron chi connectivity index (χ2n) is 3.50. The number of esters is 1. The van der Waals surface area contributed by atoms with Gasteiger partial charge in [-0.3, -0.25) is 9.00 Å². The second-order valence-corrected chi connectivity index (χ2v) is 5.12. The van der Waals surface area contributed by atoms with Gasteiger partial charge in [0.25, 0.3) is 0 Å². The lowest BCUT2D eigenvalue weighted by molar-refractivity contribution is -0.140. The summed E-state index contributed by atoms with van der Waals surface area (Å²) in [6, 6.07) is 0. The largest absolute Gasteiger partial charge is 0.469 e. The minimum Gasteiger partial charge on any atom is -0.469 e. The van der Waals surface area contributed by atoms with Gasteiger partial charge in [-0.1, -0.05) is 20.3 Å². The van der Waals surface area contributed by atoms with Gasteiger partial charge >= 0.3 is 5.97 Å². The molecule has 0 spiro atoms. The van der Waals surface area contributed by atoms with Gasteiger partial charge < -0.3 is 4.74 Å². The lowest BCUT2D eigenvalue weighted by Crippen LogP contribution is -2.11. The van der Waals surface area contributed by atoms with Crippen LogP contribution in [0.4, 0.5) is 0 Å². The van der Waals surface area contributed by atoms with Crippen molar-refractivity contribution in [2.75, 3.05) is 18.6 Å². The van der Waals surface area contributed by atoms with Crippen molar-refractivity contribution < 1.29 is 13.7 Å². The molecule has 2 atom stereocenters. The van der Waals surface area contributed by atoms with Crippen LogP contribution in [0.2, 0.25) is 0 Å². The molecular formula is C10H20O3S. The van der Waals surface area contributed by atoms with Crippen LogP contribution in [0, 0.1) is 5.92 Å². The summed E-state index contributed by atoms with van der Waals surface area (Å²) in [6.07, 6.45) is 2.10. The third-order valence-electron chi connectivity index (χ3n) is 2.15. The van der Waals surface area contributed by atoms with Crippen molar-refractivity contribution in [1.29, 1.82) is 0 Å². The number of methoxy groups -OCH3 is 1. The molecule has 0 saturated heterocycles. The molecule has 0 heterocycles. The molecule has 0 aromatic heterocycles. The summed E-state index contributed by atoms with van der Waals surface area (Å²) in [5.74, 6) is 1.65. The number of hydrogen-bond donors (Lipinski definition) is 0. The molecular weight excluding hydrogens is 200 g/mol. The lowest BCUT2D eigenvalue weighted by Gasteiger charge is -2.07. The lowest BCUT2D eigenvalue weighted by atomic mass is 10.2. The predicted octanol–water partition coefficient (Wildman–Crippen LogP) is 1.73. The number of carbonyl (C=O) groups is 1. The zero-order valence-electron chi connectivity index (χ0n) is 9.25. The maximum Gasteiger partial charge on any atom is 0.305 e. The number of carbonyl (C=O) groups excluding carboxylic acids is 1. The molecule has 4 heteroatoms. The summed E-state index contributed by atoms with van der Waals surface area (Å²) in [7, 11) is 0.597. The van der Waals surface area contributed by atoms with E-state index < -0.39 is 10.8 Å². The molecule has 0 aromatic carbocycles. The Morgan fingerprint density at radius 2 is 2.14 bits per heavy atom. The average molecular weight is 220 g/mol. The zero-order valence-corrected chi connectivity index (χ0v) is 10.1. The molecule has 0 fully saturated rings. The number of ether oxygens (including phenoxy) is 1. The third kappa shape index (κ3) is 7.06. The van der Waals surface area contributed by atoms with E-state index in [-0.39, 0.29) is 5.97 Å². The second kappa shape index (κ2) is 7.97. The van der Waals surface area contributed by atoms with Crippen molar-refractivity contribution >= 4 is 16.8 Å². The molecule has 0 aliphatic rings. The van der Waals surface area contributed by atoms with Crippen LogP contribution >= 0.6 is 0 Å². The predicted molar refractivity (Wildman–Crippen MR) is 58.6 cm³/mol. The Kier molecular flexibility index (Phi) is 7.76. The summed E-state index contributed by atoms with van der Waals surface area (Å²) in [5.41, 5.74) is 0. The molecule has 0 saturated carbocycles. The van der Waals surface area contributed by atoms with E-state index in [1.165, 1.54) is 7.11 Å². The highest BCUT2D eigenvalue weighted by Gasteiger charge is 2.07. The van der Waals surface area contributed by atoms with Gasteiger partial charge in [0, 0.05) is 28.7 Å². The number of rotatable bonds is 7. The van der Waals surface area contributed by atoms with E-state index >= 15 is 0 Å². The van der Waals surface area contributed by atoms with E-state index in [4.69, 9.17) is 0 Å². The van der Waals surface area contributed by atoms with Crippen LogP contribution in [0.15, 0.2) is 0 Å². The van der Waals surface area contributed by atoms with Crippen molar-refractivity contribution in [3.05, 3.63) is 0 Å². The van der Waals surface area contributed by atoms with Gasteiger partial charge in [-0.25, -0.2) is 0 Å². The van der Waals surface area contributed by atoms with Gasteiger partial charge in [-0.15, -0.1) is 0 Å². The summed E-state index contributed by atoms with van der Waals surface area (Å²) in [6.45, 7) is 4.19. The van der Waals surface area contributed by atoms with Crippen LogP contribution in [0.3, 0.4) is 0 Å². The van der Waals surface area contributed by atoms with Gasteiger partial charge in [0.05, 0.1) is 7.11 Å². The first-order valence-electron chi connectivity index (χ1n) is 5.02. The van der Waals surface area contributed by atoms with Crippen LogP contribution in [0.5, 0.6) is 0 Å². The molecule has 0 aliphatic heterocycles. The smallest absolute Gasteiger partial charge is 0.305 e. The minimum atomic E-state index is -0.776. The highest BCUT2D eigenvalue weighted by Crippen LogP contribution is 2.04.